The third kappa shape index (κ3) is 3.68. The Morgan fingerprint density at radius 1 is 1.47 bits per heavy atom. The fourth-order valence-corrected chi connectivity index (χ4v) is 2.43. The molecule has 0 aromatic heterocycles. The summed E-state index contributed by atoms with van der Waals surface area (Å²) in [6.45, 7) is 5.71. The lowest BCUT2D eigenvalue weighted by molar-refractivity contribution is -0.156. The molecule has 1 rings (SSSR count). The van der Waals surface area contributed by atoms with E-state index in [1.54, 1.807) is 0 Å². The molecule has 1 aliphatic heterocycles. The first-order valence-corrected chi connectivity index (χ1v) is 6.63. The Kier molecular flexibility index (Phi) is 5.92. The van der Waals surface area contributed by atoms with Crippen molar-refractivity contribution in [2.75, 3.05) is 20.3 Å². The van der Waals surface area contributed by atoms with Crippen molar-refractivity contribution in [1.29, 1.82) is 0 Å². The molecule has 1 saturated heterocycles. The molecule has 0 saturated carbocycles. The van der Waals surface area contributed by atoms with Crippen LogP contribution in [-0.4, -0.2) is 37.9 Å². The Balaban J connectivity index is 2.70. The summed E-state index contributed by atoms with van der Waals surface area (Å²) in [7, 11) is 1.46. The van der Waals surface area contributed by atoms with Gasteiger partial charge in [0.1, 0.15) is 5.54 Å². The summed E-state index contributed by atoms with van der Waals surface area (Å²) in [5.41, 5.74) is -0.525. The van der Waals surface area contributed by atoms with Crippen molar-refractivity contribution in [3.63, 3.8) is 0 Å². The molecule has 1 heterocycles. The van der Waals surface area contributed by atoms with Crippen LogP contribution in [0.15, 0.2) is 0 Å². The number of rotatable bonds is 6. The first kappa shape index (κ1) is 14.5. The van der Waals surface area contributed by atoms with E-state index >= 15 is 0 Å². The maximum Gasteiger partial charge on any atom is 0.326 e. The van der Waals surface area contributed by atoms with Gasteiger partial charge in [-0.05, 0) is 25.8 Å². The number of carbonyl (C=O) groups excluding carboxylic acids is 1. The highest BCUT2D eigenvalue weighted by atomic mass is 16.5. The summed E-state index contributed by atoms with van der Waals surface area (Å²) in [5, 5.41) is 3.37. The maximum absolute atomic E-state index is 12.0. The van der Waals surface area contributed by atoms with Crippen LogP contribution in [0, 0.1) is 0 Å². The molecular weight excluding hydrogens is 218 g/mol. The van der Waals surface area contributed by atoms with Crippen LogP contribution in [0.2, 0.25) is 0 Å². The van der Waals surface area contributed by atoms with E-state index < -0.39 is 5.54 Å². The molecule has 0 aromatic rings. The summed E-state index contributed by atoms with van der Waals surface area (Å²) in [6.07, 6.45) is 4.71. The van der Waals surface area contributed by atoms with Gasteiger partial charge in [-0.2, -0.15) is 0 Å². The number of nitrogens with one attached hydrogen (secondary N) is 1. The van der Waals surface area contributed by atoms with Crippen molar-refractivity contribution < 1.29 is 14.3 Å². The normalized spacial score (nSPS) is 29.0. The van der Waals surface area contributed by atoms with Gasteiger partial charge in [-0.15, -0.1) is 0 Å². The summed E-state index contributed by atoms with van der Waals surface area (Å²) in [5.74, 6) is -0.143. The van der Waals surface area contributed by atoms with E-state index in [0.717, 1.165) is 32.2 Å². The molecule has 1 N–H and O–H groups in total. The highest BCUT2D eigenvalue weighted by molar-refractivity contribution is 5.81. The van der Waals surface area contributed by atoms with Crippen molar-refractivity contribution >= 4 is 5.97 Å². The molecule has 2 atom stereocenters. The Bertz CT molecular complexity index is 243. The second-order valence-electron chi connectivity index (χ2n) is 4.74. The van der Waals surface area contributed by atoms with Gasteiger partial charge in [0.05, 0.1) is 13.2 Å². The lowest BCUT2D eigenvalue weighted by atomic mass is 9.85. The smallest absolute Gasteiger partial charge is 0.326 e. The Morgan fingerprint density at radius 3 is 2.82 bits per heavy atom. The third-order valence-corrected chi connectivity index (χ3v) is 3.36. The van der Waals surface area contributed by atoms with Gasteiger partial charge in [-0.1, -0.05) is 20.3 Å². The number of esters is 1. The van der Waals surface area contributed by atoms with Crippen LogP contribution < -0.4 is 5.32 Å². The molecule has 0 aliphatic carbocycles. The summed E-state index contributed by atoms with van der Waals surface area (Å²) in [4.78, 5) is 12.0. The molecule has 17 heavy (non-hydrogen) atoms. The maximum atomic E-state index is 12.0. The number of hydrogen-bond acceptors (Lipinski definition) is 4. The minimum absolute atomic E-state index is 0.143. The van der Waals surface area contributed by atoms with Crippen LogP contribution in [0.5, 0.6) is 0 Å². The quantitative estimate of drug-likeness (QED) is 0.724. The molecule has 1 aliphatic rings. The Labute approximate surface area is 104 Å². The van der Waals surface area contributed by atoms with Gasteiger partial charge in [-0.25, -0.2) is 0 Å². The fourth-order valence-electron chi connectivity index (χ4n) is 2.43. The molecule has 0 bridgehead atoms. The number of ether oxygens (including phenoxy) is 2. The largest absolute Gasteiger partial charge is 0.468 e. The zero-order valence-corrected chi connectivity index (χ0v) is 11.3. The first-order chi connectivity index (χ1) is 8.18. The SMILES string of the molecule is CCCNC1(C(=O)OC)CCOC(CCC)C1. The van der Waals surface area contributed by atoms with Gasteiger partial charge in [0.15, 0.2) is 0 Å². The predicted octanol–water partition coefficient (Wildman–Crippen LogP) is 1.88. The van der Waals surface area contributed by atoms with Gasteiger partial charge in [0.25, 0.3) is 0 Å². The second-order valence-corrected chi connectivity index (χ2v) is 4.74. The molecule has 0 radical (unpaired) electrons. The minimum atomic E-state index is -0.525. The van der Waals surface area contributed by atoms with Crippen molar-refractivity contribution in [3.8, 4) is 0 Å². The Morgan fingerprint density at radius 2 is 2.24 bits per heavy atom. The summed E-state index contributed by atoms with van der Waals surface area (Å²) < 4.78 is 10.7. The van der Waals surface area contributed by atoms with Gasteiger partial charge in [0.2, 0.25) is 0 Å². The zero-order valence-electron chi connectivity index (χ0n) is 11.3. The molecular formula is C13H25NO3. The molecule has 4 nitrogen and oxygen atoms in total. The summed E-state index contributed by atoms with van der Waals surface area (Å²) >= 11 is 0. The molecule has 0 aromatic carbocycles. The van der Waals surface area contributed by atoms with Gasteiger partial charge >= 0.3 is 5.97 Å². The summed E-state index contributed by atoms with van der Waals surface area (Å²) in [6, 6.07) is 0. The Hall–Kier alpha value is -0.610. The van der Waals surface area contributed by atoms with Crippen LogP contribution in [0.25, 0.3) is 0 Å². The predicted molar refractivity (Wildman–Crippen MR) is 66.9 cm³/mol. The molecule has 2 unspecified atom stereocenters. The molecule has 100 valence electrons. The average molecular weight is 243 g/mol. The van der Waals surface area contributed by atoms with Crippen LogP contribution in [-0.2, 0) is 14.3 Å². The van der Waals surface area contributed by atoms with Crippen molar-refractivity contribution in [2.45, 2.75) is 57.6 Å². The monoisotopic (exact) mass is 243 g/mol. The van der Waals surface area contributed by atoms with E-state index in [4.69, 9.17) is 9.47 Å². The van der Waals surface area contributed by atoms with Crippen LogP contribution in [0.3, 0.4) is 0 Å². The van der Waals surface area contributed by atoms with E-state index in [-0.39, 0.29) is 12.1 Å². The lowest BCUT2D eigenvalue weighted by Crippen LogP contribution is -2.58. The average Bonchev–Trinajstić information content (AvgIpc) is 2.36. The van der Waals surface area contributed by atoms with Gasteiger partial charge < -0.3 is 14.8 Å². The highest BCUT2D eigenvalue weighted by Gasteiger charge is 2.43. The molecule has 0 amide bonds. The zero-order chi connectivity index (χ0) is 12.7. The lowest BCUT2D eigenvalue weighted by Gasteiger charge is -2.39. The number of methoxy groups -OCH3 is 1. The van der Waals surface area contributed by atoms with Crippen molar-refractivity contribution in [2.24, 2.45) is 0 Å². The van der Waals surface area contributed by atoms with E-state index in [1.165, 1.54) is 7.11 Å². The van der Waals surface area contributed by atoms with Crippen molar-refractivity contribution in [1.82, 2.24) is 5.32 Å². The highest BCUT2D eigenvalue weighted by Crippen LogP contribution is 2.28. The topological polar surface area (TPSA) is 47.6 Å². The van der Waals surface area contributed by atoms with Gasteiger partial charge in [0, 0.05) is 13.0 Å². The van der Waals surface area contributed by atoms with E-state index in [0.29, 0.717) is 13.0 Å². The molecule has 4 heteroatoms. The number of carbonyl (C=O) groups is 1. The van der Waals surface area contributed by atoms with Crippen LogP contribution in [0.4, 0.5) is 0 Å². The van der Waals surface area contributed by atoms with Crippen LogP contribution >= 0.6 is 0 Å². The van der Waals surface area contributed by atoms with E-state index in [9.17, 15) is 4.79 Å². The molecule has 1 fully saturated rings. The van der Waals surface area contributed by atoms with E-state index in [1.807, 2.05) is 0 Å². The third-order valence-electron chi connectivity index (χ3n) is 3.36. The standard InChI is InChI=1S/C13H25NO3/c1-4-6-11-10-13(7-9-17-11,12(15)16-3)14-8-5-2/h11,14H,4-10H2,1-3H3. The number of hydrogen-bond donors (Lipinski definition) is 1. The minimum Gasteiger partial charge on any atom is -0.468 e. The van der Waals surface area contributed by atoms with Crippen LogP contribution in [0.1, 0.15) is 46.0 Å². The second kappa shape index (κ2) is 6.97. The van der Waals surface area contributed by atoms with Crippen molar-refractivity contribution in [3.05, 3.63) is 0 Å². The molecule has 0 spiro atoms. The first-order valence-electron chi connectivity index (χ1n) is 6.63. The van der Waals surface area contributed by atoms with Gasteiger partial charge in [-0.3, -0.25) is 4.79 Å². The fraction of sp³-hybridized carbons (Fsp3) is 0.923. The van der Waals surface area contributed by atoms with E-state index in [2.05, 4.69) is 19.2 Å².